The van der Waals surface area contributed by atoms with E-state index in [0.29, 0.717) is 12.8 Å². The van der Waals surface area contributed by atoms with Crippen molar-refractivity contribution in [1.29, 1.82) is 0 Å². The normalized spacial score (nSPS) is 9.61. The summed E-state index contributed by atoms with van der Waals surface area (Å²) in [5.74, 6) is 0. The second-order valence-corrected chi connectivity index (χ2v) is 13.0. The average Bonchev–Trinajstić information content (AvgIpc) is 3.36. The van der Waals surface area contributed by atoms with Crippen molar-refractivity contribution < 1.29 is 9.59 Å². The van der Waals surface area contributed by atoms with Gasteiger partial charge in [0.25, 0.3) is 0 Å². The van der Waals surface area contributed by atoms with Crippen molar-refractivity contribution in [2.75, 3.05) is 19.6 Å². The van der Waals surface area contributed by atoms with E-state index in [9.17, 15) is 9.59 Å². The number of carbonyl (C=O) groups is 2. The van der Waals surface area contributed by atoms with Crippen LogP contribution in [-0.4, -0.2) is 44.9 Å². The highest BCUT2D eigenvalue weighted by atomic mass is 35.5. The van der Waals surface area contributed by atoms with Gasteiger partial charge in [-0.15, -0.1) is 22.7 Å². The Morgan fingerprint density at radius 1 is 0.868 bits per heavy atom. The maximum Gasteiger partial charge on any atom is 0.221 e. The number of hydrogen-bond donors (Lipinski definition) is 1. The first kappa shape index (κ1) is 41.9. The van der Waals surface area contributed by atoms with Crippen molar-refractivity contribution in [2.45, 2.75) is 119 Å². The lowest BCUT2D eigenvalue weighted by Crippen LogP contribution is -2.21. The molecule has 0 spiro atoms. The summed E-state index contributed by atoms with van der Waals surface area (Å²) < 4.78 is 1.75. The number of halogens is 1. The summed E-state index contributed by atoms with van der Waals surface area (Å²) in [5, 5.41) is -0.0891. The molecule has 0 radical (unpaired) electrons. The highest BCUT2D eigenvalue weighted by Crippen LogP contribution is 2.27. The Balaban J connectivity index is -0.000000420. The highest BCUT2D eigenvalue weighted by Gasteiger charge is 2.07. The first-order valence-electron chi connectivity index (χ1n) is 13.6. The van der Waals surface area contributed by atoms with E-state index in [1.165, 1.54) is 72.5 Å². The van der Waals surface area contributed by atoms with E-state index in [-0.39, 0.29) is 10.4 Å². The Hall–Kier alpha value is -0.580. The Morgan fingerprint density at radius 2 is 1.34 bits per heavy atom. The van der Waals surface area contributed by atoms with Crippen molar-refractivity contribution in [1.82, 2.24) is 14.9 Å². The standard InChI is InChI=1S/C8H11NOS2.C6H15N.C6H14.C5H7NS2.C3H5ClO/c1-4-7(10)12-8-9-5(2)6(3)11-8;1-4-7(5-2)6-3;1-3-5-6-4-2;1-3-4(2)8-5(7)6-3;1-2-3(4)5/h4H2,1-3H3;4-6H2,1-3H3;3-6H2,1-2H3;1-2H3,(H,6,7);2H2,1H3. The topological polar surface area (TPSA) is 66.1 Å². The molecule has 5 nitrogen and oxygen atoms in total. The molecular formula is C28H52ClN3O2S4. The molecule has 10 heteroatoms. The predicted octanol–water partition coefficient (Wildman–Crippen LogP) is 10.3. The molecule has 1 N–H and O–H groups in total. The van der Waals surface area contributed by atoms with Gasteiger partial charge in [-0.1, -0.05) is 74.1 Å². The number of carbonyl (C=O) groups excluding carboxylic acids is 2. The Labute approximate surface area is 255 Å². The Kier molecular flexibility index (Phi) is 30.8. The van der Waals surface area contributed by atoms with Gasteiger partial charge >= 0.3 is 0 Å². The zero-order valence-electron chi connectivity index (χ0n) is 25.6. The first-order valence-corrected chi connectivity index (χ1v) is 16.8. The molecule has 0 atom stereocenters. The van der Waals surface area contributed by atoms with Gasteiger partial charge in [0.2, 0.25) is 5.24 Å². The van der Waals surface area contributed by atoms with Crippen molar-refractivity contribution in [3.05, 3.63) is 25.1 Å². The summed E-state index contributed by atoms with van der Waals surface area (Å²) in [4.78, 5) is 32.8. The first-order chi connectivity index (χ1) is 17.9. The molecule has 0 aliphatic heterocycles. The van der Waals surface area contributed by atoms with Crippen LogP contribution in [0.3, 0.4) is 0 Å². The average molecular weight is 626 g/mol. The van der Waals surface area contributed by atoms with Crippen molar-refractivity contribution in [3.63, 3.8) is 0 Å². The lowest BCUT2D eigenvalue weighted by Gasteiger charge is -2.13. The van der Waals surface area contributed by atoms with Crippen LogP contribution < -0.4 is 0 Å². The minimum Gasteiger partial charge on any atom is -0.341 e. The van der Waals surface area contributed by atoms with Gasteiger partial charge in [-0.3, -0.25) is 9.59 Å². The molecule has 0 saturated carbocycles. The lowest BCUT2D eigenvalue weighted by atomic mass is 10.2. The van der Waals surface area contributed by atoms with Crippen molar-refractivity contribution in [3.8, 4) is 0 Å². The molecule has 2 aromatic rings. The molecule has 0 unspecified atom stereocenters. The number of nitrogens with one attached hydrogen (secondary N) is 1. The fourth-order valence-electron chi connectivity index (χ4n) is 2.31. The number of thioether (sulfide) groups is 1. The van der Waals surface area contributed by atoms with Crippen LogP contribution in [0.25, 0.3) is 0 Å². The van der Waals surface area contributed by atoms with Gasteiger partial charge in [-0.25, -0.2) is 4.98 Å². The number of unbranched alkanes of at least 4 members (excludes halogenated alkanes) is 3. The molecule has 2 aromatic heterocycles. The number of aromatic nitrogens is 2. The number of thiazole rings is 2. The third-order valence-electron chi connectivity index (χ3n) is 5.14. The van der Waals surface area contributed by atoms with Crippen LogP contribution in [0.15, 0.2) is 4.34 Å². The van der Waals surface area contributed by atoms with Crippen LogP contribution in [0.2, 0.25) is 0 Å². The van der Waals surface area contributed by atoms with Crippen LogP contribution in [0, 0.1) is 31.6 Å². The van der Waals surface area contributed by atoms with E-state index in [2.05, 4.69) is 56.4 Å². The van der Waals surface area contributed by atoms with E-state index in [4.69, 9.17) is 23.8 Å². The van der Waals surface area contributed by atoms with Gasteiger partial charge < -0.3 is 9.88 Å². The number of nitrogens with zero attached hydrogens (tertiary/aromatic N) is 2. The smallest absolute Gasteiger partial charge is 0.221 e. The second-order valence-electron chi connectivity index (χ2n) is 8.18. The number of hydrogen-bond acceptors (Lipinski definition) is 8. The fourth-order valence-corrected chi connectivity index (χ4v) is 5.50. The molecule has 0 saturated heterocycles. The molecule has 0 aromatic carbocycles. The van der Waals surface area contributed by atoms with Crippen molar-refractivity contribution in [2.24, 2.45) is 0 Å². The molecule has 222 valence electrons. The summed E-state index contributed by atoms with van der Waals surface area (Å²) in [6.07, 6.45) is 6.54. The highest BCUT2D eigenvalue weighted by molar-refractivity contribution is 8.14. The van der Waals surface area contributed by atoms with Gasteiger partial charge in [0.05, 0.1) is 5.69 Å². The Bertz CT molecular complexity index is 855. The summed E-state index contributed by atoms with van der Waals surface area (Å²) >= 11 is 14.2. The zero-order valence-corrected chi connectivity index (χ0v) is 29.6. The zero-order chi connectivity index (χ0) is 30.1. The molecule has 0 aliphatic rings. The van der Waals surface area contributed by atoms with Crippen LogP contribution in [0.5, 0.6) is 0 Å². The molecule has 2 heterocycles. The summed E-state index contributed by atoms with van der Waals surface area (Å²) in [6.45, 7) is 26.2. The van der Waals surface area contributed by atoms with Gasteiger partial charge in [0.15, 0.2) is 13.4 Å². The predicted molar refractivity (Wildman–Crippen MR) is 176 cm³/mol. The summed E-state index contributed by atoms with van der Waals surface area (Å²) in [6, 6.07) is 0. The molecule has 0 aliphatic carbocycles. The van der Waals surface area contributed by atoms with Gasteiger partial charge in [0, 0.05) is 28.3 Å². The molecule has 0 amide bonds. The quantitative estimate of drug-likeness (QED) is 0.129. The Morgan fingerprint density at radius 3 is 1.53 bits per heavy atom. The van der Waals surface area contributed by atoms with Crippen LogP contribution in [-0.2, 0) is 9.59 Å². The van der Waals surface area contributed by atoms with E-state index in [1.807, 2.05) is 27.7 Å². The van der Waals surface area contributed by atoms with Crippen LogP contribution in [0.1, 0.15) is 108 Å². The number of rotatable bonds is 9. The number of aryl methyl sites for hydroxylation is 4. The summed E-state index contributed by atoms with van der Waals surface area (Å²) in [7, 11) is 0. The van der Waals surface area contributed by atoms with E-state index < -0.39 is 0 Å². The van der Waals surface area contributed by atoms with E-state index >= 15 is 0 Å². The molecule has 0 fully saturated rings. The van der Waals surface area contributed by atoms with E-state index in [1.54, 1.807) is 29.6 Å². The van der Waals surface area contributed by atoms with Gasteiger partial charge in [-0.05, 0) is 82.9 Å². The molecular weight excluding hydrogens is 574 g/mol. The second kappa shape index (κ2) is 28.0. The molecule has 0 bridgehead atoms. The third kappa shape index (κ3) is 25.7. The van der Waals surface area contributed by atoms with Crippen LogP contribution in [0.4, 0.5) is 0 Å². The van der Waals surface area contributed by atoms with Crippen molar-refractivity contribution >= 4 is 68.6 Å². The maximum absolute atomic E-state index is 11.0. The summed E-state index contributed by atoms with van der Waals surface area (Å²) in [5.41, 5.74) is 2.23. The maximum atomic E-state index is 11.0. The lowest BCUT2D eigenvalue weighted by molar-refractivity contribution is -0.111. The number of H-pyrrole nitrogens is 1. The van der Waals surface area contributed by atoms with Crippen LogP contribution >= 0.6 is 58.3 Å². The minimum atomic E-state index is -0.273. The molecule has 2 rings (SSSR count). The number of aromatic amines is 1. The monoisotopic (exact) mass is 625 g/mol. The van der Waals surface area contributed by atoms with E-state index in [0.717, 1.165) is 14.0 Å². The SMILES string of the molecule is CCC(=O)Cl.CCC(=O)Sc1nc(C)c(C)s1.CCCCCC.CCN(CC)CC.Cc1[nH]c(=S)sc1C. The van der Waals surface area contributed by atoms with Gasteiger partial charge in [0.1, 0.15) is 0 Å². The largest absolute Gasteiger partial charge is 0.341 e. The fraction of sp³-hybridized carbons (Fsp3) is 0.714. The minimum absolute atomic E-state index is 0.184. The third-order valence-corrected chi connectivity index (χ3v) is 8.81. The van der Waals surface area contributed by atoms with Gasteiger partial charge in [-0.2, -0.15) is 0 Å². The molecule has 38 heavy (non-hydrogen) atoms.